The van der Waals surface area contributed by atoms with Crippen molar-refractivity contribution >= 4 is 33.4 Å². The Hall–Kier alpha value is -0.610. The van der Waals surface area contributed by atoms with Gasteiger partial charge >= 0.3 is 0 Å². The van der Waals surface area contributed by atoms with E-state index in [1.54, 1.807) is 0 Å². The molecular weight excluding hydrogens is 321 g/mol. The molecule has 1 rings (SSSR count). The van der Waals surface area contributed by atoms with Crippen molar-refractivity contribution in [3.8, 4) is 0 Å². The highest BCUT2D eigenvalue weighted by Crippen LogP contribution is 2.19. The first-order chi connectivity index (χ1) is 8.45. The number of nitrogens with one attached hydrogen (secondary N) is 1. The molecular formula is C13H16BrClFNO. The van der Waals surface area contributed by atoms with Crippen molar-refractivity contribution in [3.63, 3.8) is 0 Å². The van der Waals surface area contributed by atoms with Crippen molar-refractivity contribution in [1.29, 1.82) is 0 Å². The molecule has 0 aliphatic carbocycles. The molecule has 1 unspecified atom stereocenters. The molecule has 0 radical (unpaired) electrons. The fraction of sp³-hybridized carbons (Fsp3) is 0.462. The molecule has 0 aromatic heterocycles. The quantitative estimate of drug-likeness (QED) is 0.809. The van der Waals surface area contributed by atoms with Crippen molar-refractivity contribution in [2.75, 3.05) is 5.33 Å². The topological polar surface area (TPSA) is 29.1 Å². The summed E-state index contributed by atoms with van der Waals surface area (Å²) in [4.78, 5) is 12.0. The normalized spacial score (nSPS) is 12.6. The lowest BCUT2D eigenvalue weighted by Crippen LogP contribution is -2.37. The molecule has 1 atom stereocenters. The van der Waals surface area contributed by atoms with Crippen LogP contribution >= 0.6 is 27.5 Å². The van der Waals surface area contributed by atoms with Crippen LogP contribution in [0, 0.1) is 11.7 Å². The third-order valence-electron chi connectivity index (χ3n) is 2.47. The molecule has 100 valence electrons. The number of rotatable bonds is 5. The number of amides is 1. The van der Waals surface area contributed by atoms with Gasteiger partial charge in [0.1, 0.15) is 5.82 Å². The third-order valence-corrected chi connectivity index (χ3v) is 3.56. The van der Waals surface area contributed by atoms with Gasteiger partial charge in [-0.1, -0.05) is 47.4 Å². The second kappa shape index (κ2) is 7.10. The van der Waals surface area contributed by atoms with Gasteiger partial charge in [0.25, 0.3) is 5.91 Å². The minimum absolute atomic E-state index is 0.0341. The summed E-state index contributed by atoms with van der Waals surface area (Å²) in [7, 11) is 0. The van der Waals surface area contributed by atoms with Crippen molar-refractivity contribution in [3.05, 3.63) is 34.6 Å². The van der Waals surface area contributed by atoms with Crippen LogP contribution in [0.15, 0.2) is 18.2 Å². The molecule has 1 aromatic carbocycles. The van der Waals surface area contributed by atoms with Gasteiger partial charge in [0, 0.05) is 11.4 Å². The highest BCUT2D eigenvalue weighted by molar-refractivity contribution is 9.09. The number of carbonyl (C=O) groups is 1. The van der Waals surface area contributed by atoms with Crippen molar-refractivity contribution in [2.24, 2.45) is 5.92 Å². The summed E-state index contributed by atoms with van der Waals surface area (Å²) in [6.45, 7) is 4.13. The van der Waals surface area contributed by atoms with Crippen molar-refractivity contribution in [1.82, 2.24) is 5.32 Å². The molecule has 0 aliphatic rings. The average molecular weight is 337 g/mol. The molecule has 0 heterocycles. The van der Waals surface area contributed by atoms with Crippen LogP contribution in [0.2, 0.25) is 5.02 Å². The first-order valence-corrected chi connectivity index (χ1v) is 7.26. The summed E-state index contributed by atoms with van der Waals surface area (Å²) in [5.74, 6) is -0.620. The molecule has 0 saturated carbocycles. The van der Waals surface area contributed by atoms with E-state index in [1.165, 1.54) is 18.2 Å². The maximum Gasteiger partial charge on any atom is 0.256 e. The van der Waals surface area contributed by atoms with Gasteiger partial charge in [-0.25, -0.2) is 4.39 Å². The predicted molar refractivity (Wildman–Crippen MR) is 75.9 cm³/mol. The van der Waals surface area contributed by atoms with Crippen molar-refractivity contribution in [2.45, 2.75) is 26.3 Å². The summed E-state index contributed by atoms with van der Waals surface area (Å²) >= 11 is 9.19. The number of benzene rings is 1. The Bertz CT molecular complexity index is 405. The van der Waals surface area contributed by atoms with Gasteiger partial charge in [0.15, 0.2) is 0 Å². The van der Waals surface area contributed by atoms with E-state index < -0.39 is 11.7 Å². The molecule has 0 aliphatic heterocycles. The van der Waals surface area contributed by atoms with Crippen LogP contribution in [0.4, 0.5) is 4.39 Å². The van der Waals surface area contributed by atoms with E-state index in [-0.39, 0.29) is 16.6 Å². The molecule has 2 nitrogen and oxygen atoms in total. The van der Waals surface area contributed by atoms with Gasteiger partial charge in [-0.15, -0.1) is 0 Å². The molecule has 1 amide bonds. The Morgan fingerprint density at radius 2 is 2.17 bits per heavy atom. The van der Waals surface area contributed by atoms with E-state index in [9.17, 15) is 9.18 Å². The lowest BCUT2D eigenvalue weighted by atomic mass is 10.0. The summed E-state index contributed by atoms with van der Waals surface area (Å²) in [6.07, 6.45) is 0.822. The zero-order valence-corrected chi connectivity index (χ0v) is 12.7. The Morgan fingerprint density at radius 1 is 1.50 bits per heavy atom. The molecule has 1 aromatic rings. The van der Waals surface area contributed by atoms with Crippen LogP contribution in [-0.4, -0.2) is 17.3 Å². The highest BCUT2D eigenvalue weighted by atomic mass is 79.9. The first kappa shape index (κ1) is 15.4. The lowest BCUT2D eigenvalue weighted by Gasteiger charge is -2.18. The second-order valence-electron chi connectivity index (χ2n) is 4.55. The van der Waals surface area contributed by atoms with Gasteiger partial charge in [-0.05, 0) is 24.5 Å². The number of carbonyl (C=O) groups excluding carboxylic acids is 1. The minimum Gasteiger partial charge on any atom is -0.348 e. The molecule has 5 heteroatoms. The SMILES string of the molecule is CC(C)CC(CBr)NC(=O)c1c(F)cccc1Cl. The molecule has 0 spiro atoms. The van der Waals surface area contributed by atoms with Crippen LogP contribution in [0.25, 0.3) is 0 Å². The fourth-order valence-corrected chi connectivity index (χ4v) is 2.38. The Morgan fingerprint density at radius 3 is 2.67 bits per heavy atom. The van der Waals surface area contributed by atoms with E-state index in [2.05, 4.69) is 35.1 Å². The van der Waals surface area contributed by atoms with Crippen LogP contribution in [0.1, 0.15) is 30.6 Å². The van der Waals surface area contributed by atoms with Gasteiger partial charge < -0.3 is 5.32 Å². The lowest BCUT2D eigenvalue weighted by molar-refractivity contribution is 0.0933. The van der Waals surface area contributed by atoms with Gasteiger partial charge in [-0.2, -0.15) is 0 Å². The maximum absolute atomic E-state index is 13.6. The van der Waals surface area contributed by atoms with Crippen LogP contribution in [-0.2, 0) is 0 Å². The fourth-order valence-electron chi connectivity index (χ4n) is 1.70. The number of alkyl halides is 1. The zero-order valence-electron chi connectivity index (χ0n) is 10.3. The summed E-state index contributed by atoms with van der Waals surface area (Å²) in [5, 5.41) is 3.54. The van der Waals surface area contributed by atoms with E-state index in [1.807, 2.05) is 0 Å². The number of halogens is 3. The van der Waals surface area contributed by atoms with Gasteiger partial charge in [0.05, 0.1) is 10.6 Å². The standard InChI is InChI=1S/C13H16BrClFNO/c1-8(2)6-9(7-14)17-13(18)12-10(15)4-3-5-11(12)16/h3-5,8-9H,6-7H2,1-2H3,(H,17,18). The van der Waals surface area contributed by atoms with E-state index >= 15 is 0 Å². The smallest absolute Gasteiger partial charge is 0.256 e. The molecule has 0 saturated heterocycles. The van der Waals surface area contributed by atoms with Gasteiger partial charge in [-0.3, -0.25) is 4.79 Å². The van der Waals surface area contributed by atoms with Crippen LogP contribution < -0.4 is 5.32 Å². The monoisotopic (exact) mass is 335 g/mol. The van der Waals surface area contributed by atoms with Crippen LogP contribution in [0.5, 0.6) is 0 Å². The van der Waals surface area contributed by atoms with E-state index in [4.69, 9.17) is 11.6 Å². The maximum atomic E-state index is 13.6. The first-order valence-electron chi connectivity index (χ1n) is 5.76. The Labute approximate surface area is 120 Å². The van der Waals surface area contributed by atoms with Crippen molar-refractivity contribution < 1.29 is 9.18 Å². The third kappa shape index (κ3) is 4.25. The van der Waals surface area contributed by atoms with Gasteiger partial charge in [0.2, 0.25) is 0 Å². The number of hydrogen-bond acceptors (Lipinski definition) is 1. The van der Waals surface area contributed by atoms with E-state index in [0.717, 1.165) is 6.42 Å². The largest absolute Gasteiger partial charge is 0.348 e. The summed E-state index contributed by atoms with van der Waals surface area (Å²) < 4.78 is 13.6. The Kier molecular flexibility index (Phi) is 6.09. The summed E-state index contributed by atoms with van der Waals surface area (Å²) in [5.41, 5.74) is -0.0890. The van der Waals surface area contributed by atoms with E-state index in [0.29, 0.717) is 11.2 Å². The molecule has 1 N–H and O–H groups in total. The molecule has 18 heavy (non-hydrogen) atoms. The zero-order chi connectivity index (χ0) is 13.7. The molecule has 0 fully saturated rings. The minimum atomic E-state index is -0.599. The van der Waals surface area contributed by atoms with Crippen LogP contribution in [0.3, 0.4) is 0 Å². The average Bonchev–Trinajstić information content (AvgIpc) is 2.27. The molecule has 0 bridgehead atoms. The number of hydrogen-bond donors (Lipinski definition) is 1. The Balaban J connectivity index is 2.81. The summed E-state index contributed by atoms with van der Waals surface area (Å²) in [6, 6.07) is 4.18. The predicted octanol–water partition coefficient (Wildman–Crippen LogP) is 4.02. The second-order valence-corrected chi connectivity index (χ2v) is 5.61. The highest BCUT2D eigenvalue weighted by Gasteiger charge is 2.19.